The first-order chi connectivity index (χ1) is 8.50. The lowest BCUT2D eigenvalue weighted by molar-refractivity contribution is -0.142. The van der Waals surface area contributed by atoms with Gasteiger partial charge in [-0.1, -0.05) is 13.8 Å². The van der Waals surface area contributed by atoms with Crippen LogP contribution in [-0.2, 0) is 9.59 Å². The Morgan fingerprint density at radius 2 is 2.39 bits per heavy atom. The summed E-state index contributed by atoms with van der Waals surface area (Å²) < 4.78 is 0. The number of aliphatic carboxylic acids is 1. The van der Waals surface area contributed by atoms with Gasteiger partial charge >= 0.3 is 5.97 Å². The van der Waals surface area contributed by atoms with Crippen molar-refractivity contribution in [3.63, 3.8) is 0 Å². The lowest BCUT2D eigenvalue weighted by Gasteiger charge is -2.27. The quantitative estimate of drug-likeness (QED) is 0.903. The smallest absolute Gasteiger partial charge is 0.309 e. The number of amides is 1. The zero-order valence-corrected chi connectivity index (χ0v) is 11.2. The van der Waals surface area contributed by atoms with Crippen molar-refractivity contribution in [2.45, 2.75) is 26.3 Å². The molecular weight excluding hydrogens is 252 g/mol. The maximum atomic E-state index is 12.0. The molecule has 18 heavy (non-hydrogen) atoms. The highest BCUT2D eigenvalue weighted by Crippen LogP contribution is 2.40. The molecule has 2 rings (SSSR count). The molecule has 1 amide bonds. The number of rotatable bonds is 4. The zero-order valence-electron chi connectivity index (χ0n) is 10.4. The van der Waals surface area contributed by atoms with Crippen LogP contribution >= 0.6 is 11.3 Å². The van der Waals surface area contributed by atoms with E-state index in [1.54, 1.807) is 16.6 Å². The SMILES string of the molecule is CC(C)CN1C(=O)CC(C(=O)O)C1c1cncs1. The first-order valence-electron chi connectivity index (χ1n) is 5.91. The van der Waals surface area contributed by atoms with Gasteiger partial charge in [0, 0.05) is 24.0 Å². The van der Waals surface area contributed by atoms with Gasteiger partial charge in [-0.2, -0.15) is 0 Å². The van der Waals surface area contributed by atoms with Gasteiger partial charge in [-0.3, -0.25) is 14.6 Å². The van der Waals surface area contributed by atoms with E-state index in [-0.39, 0.29) is 18.4 Å². The van der Waals surface area contributed by atoms with Crippen LogP contribution in [0.4, 0.5) is 0 Å². The monoisotopic (exact) mass is 268 g/mol. The van der Waals surface area contributed by atoms with Crippen LogP contribution in [0.25, 0.3) is 0 Å². The second-order valence-electron chi connectivity index (χ2n) is 4.94. The molecule has 6 heteroatoms. The summed E-state index contributed by atoms with van der Waals surface area (Å²) in [5, 5.41) is 9.26. The summed E-state index contributed by atoms with van der Waals surface area (Å²) in [5.74, 6) is -1.32. The van der Waals surface area contributed by atoms with E-state index in [0.717, 1.165) is 4.88 Å². The number of hydrogen-bond donors (Lipinski definition) is 1. The van der Waals surface area contributed by atoms with E-state index in [0.29, 0.717) is 12.5 Å². The van der Waals surface area contributed by atoms with Gasteiger partial charge in [0.2, 0.25) is 5.91 Å². The highest BCUT2D eigenvalue weighted by molar-refractivity contribution is 7.09. The standard InChI is InChI=1S/C12H16N2O3S/c1-7(2)5-14-10(15)3-8(12(16)17)11(14)9-4-13-6-18-9/h4,6-8,11H,3,5H2,1-2H3,(H,16,17). The van der Waals surface area contributed by atoms with Gasteiger partial charge in [-0.05, 0) is 5.92 Å². The minimum absolute atomic E-state index is 0.0745. The lowest BCUT2D eigenvalue weighted by atomic mass is 9.99. The molecule has 98 valence electrons. The van der Waals surface area contributed by atoms with Crippen molar-refractivity contribution in [2.75, 3.05) is 6.54 Å². The Balaban J connectivity index is 2.32. The van der Waals surface area contributed by atoms with Crippen molar-refractivity contribution in [1.29, 1.82) is 0 Å². The summed E-state index contributed by atoms with van der Waals surface area (Å²) in [7, 11) is 0. The molecule has 1 N–H and O–H groups in total. The third-order valence-electron chi connectivity index (χ3n) is 3.05. The van der Waals surface area contributed by atoms with Gasteiger partial charge in [0.1, 0.15) is 0 Å². The molecule has 0 aliphatic carbocycles. The van der Waals surface area contributed by atoms with Crippen molar-refractivity contribution in [3.05, 3.63) is 16.6 Å². The van der Waals surface area contributed by atoms with Gasteiger partial charge in [0.05, 0.1) is 17.5 Å². The Morgan fingerprint density at radius 3 is 2.89 bits per heavy atom. The van der Waals surface area contributed by atoms with Crippen molar-refractivity contribution < 1.29 is 14.7 Å². The van der Waals surface area contributed by atoms with Crippen LogP contribution < -0.4 is 0 Å². The van der Waals surface area contributed by atoms with Crippen LogP contribution in [0, 0.1) is 11.8 Å². The zero-order chi connectivity index (χ0) is 13.3. The Labute approximate surface area is 109 Å². The number of nitrogens with zero attached hydrogens (tertiary/aromatic N) is 2. The molecule has 1 aromatic rings. The first-order valence-corrected chi connectivity index (χ1v) is 6.79. The van der Waals surface area contributed by atoms with E-state index in [9.17, 15) is 14.7 Å². The Hall–Kier alpha value is -1.43. The molecule has 0 saturated carbocycles. The maximum absolute atomic E-state index is 12.0. The number of carboxylic acids is 1. The second-order valence-corrected chi connectivity index (χ2v) is 5.86. The predicted octanol–water partition coefficient (Wildman–Crippen LogP) is 1.77. The normalized spacial score (nSPS) is 23.9. The summed E-state index contributed by atoms with van der Waals surface area (Å²) in [4.78, 5) is 29.8. The number of aromatic nitrogens is 1. The molecule has 1 saturated heterocycles. The number of likely N-dealkylation sites (tertiary alicyclic amines) is 1. The average Bonchev–Trinajstić information content (AvgIpc) is 2.87. The molecule has 2 heterocycles. The Kier molecular flexibility index (Phi) is 3.65. The topological polar surface area (TPSA) is 70.5 Å². The van der Waals surface area contributed by atoms with Crippen molar-refractivity contribution in [1.82, 2.24) is 9.88 Å². The summed E-state index contributed by atoms with van der Waals surface area (Å²) in [6.07, 6.45) is 1.75. The minimum atomic E-state index is -0.909. The molecule has 1 aliphatic rings. The van der Waals surface area contributed by atoms with Gasteiger partial charge in [-0.25, -0.2) is 0 Å². The van der Waals surface area contributed by atoms with Gasteiger partial charge in [0.15, 0.2) is 0 Å². The largest absolute Gasteiger partial charge is 0.481 e. The van der Waals surface area contributed by atoms with E-state index in [1.165, 1.54) is 11.3 Å². The summed E-state index contributed by atoms with van der Waals surface area (Å²) >= 11 is 1.41. The second kappa shape index (κ2) is 5.06. The van der Waals surface area contributed by atoms with Crippen LogP contribution in [0.15, 0.2) is 11.7 Å². The van der Waals surface area contributed by atoms with Crippen LogP contribution in [0.3, 0.4) is 0 Å². The summed E-state index contributed by atoms with van der Waals surface area (Å²) in [6, 6.07) is -0.357. The fraction of sp³-hybridized carbons (Fsp3) is 0.583. The molecule has 0 aromatic carbocycles. The fourth-order valence-electron chi connectivity index (χ4n) is 2.34. The van der Waals surface area contributed by atoms with Crippen LogP contribution in [-0.4, -0.2) is 33.4 Å². The molecule has 2 unspecified atom stereocenters. The first kappa shape index (κ1) is 13.0. The van der Waals surface area contributed by atoms with Crippen LogP contribution in [0.2, 0.25) is 0 Å². The van der Waals surface area contributed by atoms with E-state index in [2.05, 4.69) is 4.98 Å². The number of thiazole rings is 1. The summed E-state index contributed by atoms with van der Waals surface area (Å²) in [5.41, 5.74) is 1.67. The molecule has 1 aliphatic heterocycles. The minimum Gasteiger partial charge on any atom is -0.481 e. The van der Waals surface area contributed by atoms with Crippen LogP contribution in [0.5, 0.6) is 0 Å². The molecule has 0 spiro atoms. The number of carbonyl (C=O) groups is 2. The number of carboxylic acid groups (broad SMARTS) is 1. The van der Waals surface area contributed by atoms with E-state index in [1.807, 2.05) is 13.8 Å². The van der Waals surface area contributed by atoms with Gasteiger partial charge in [0.25, 0.3) is 0 Å². The Morgan fingerprint density at radius 1 is 1.67 bits per heavy atom. The van der Waals surface area contributed by atoms with Crippen LogP contribution in [0.1, 0.15) is 31.2 Å². The molecule has 1 aromatic heterocycles. The maximum Gasteiger partial charge on any atom is 0.309 e. The fourth-order valence-corrected chi connectivity index (χ4v) is 3.14. The highest BCUT2D eigenvalue weighted by atomic mass is 32.1. The molecule has 0 bridgehead atoms. The highest BCUT2D eigenvalue weighted by Gasteiger charge is 2.45. The average molecular weight is 268 g/mol. The number of carbonyl (C=O) groups excluding carboxylic acids is 1. The molecule has 2 atom stereocenters. The number of hydrogen-bond acceptors (Lipinski definition) is 4. The van der Waals surface area contributed by atoms with Crippen molar-refractivity contribution >= 4 is 23.2 Å². The third kappa shape index (κ3) is 2.38. The van der Waals surface area contributed by atoms with Crippen molar-refractivity contribution in [3.8, 4) is 0 Å². The lowest BCUT2D eigenvalue weighted by Crippen LogP contribution is -2.33. The van der Waals surface area contributed by atoms with Gasteiger partial charge in [-0.15, -0.1) is 11.3 Å². The summed E-state index contributed by atoms with van der Waals surface area (Å²) in [6.45, 7) is 4.63. The van der Waals surface area contributed by atoms with Gasteiger partial charge < -0.3 is 10.0 Å². The van der Waals surface area contributed by atoms with E-state index >= 15 is 0 Å². The third-order valence-corrected chi connectivity index (χ3v) is 3.90. The molecule has 0 radical (unpaired) electrons. The van der Waals surface area contributed by atoms with Crippen molar-refractivity contribution in [2.24, 2.45) is 11.8 Å². The molecule has 5 nitrogen and oxygen atoms in total. The Bertz CT molecular complexity index is 444. The predicted molar refractivity (Wildman–Crippen MR) is 67.1 cm³/mol. The van der Waals surface area contributed by atoms with E-state index < -0.39 is 11.9 Å². The molecule has 1 fully saturated rings. The molecular formula is C12H16N2O3S. The van der Waals surface area contributed by atoms with E-state index in [4.69, 9.17) is 0 Å².